The molecule has 1 N–H and O–H groups in total. The number of alkyl halides is 3. The van der Waals surface area contributed by atoms with E-state index < -0.39 is 6.36 Å². The number of halogens is 4. The van der Waals surface area contributed by atoms with Crippen LogP contribution in [-0.2, 0) is 13.0 Å². The van der Waals surface area contributed by atoms with E-state index in [1.54, 1.807) is 18.2 Å². The van der Waals surface area contributed by atoms with Crippen LogP contribution >= 0.6 is 11.6 Å². The summed E-state index contributed by atoms with van der Waals surface area (Å²) >= 11 is 6.08. The van der Waals surface area contributed by atoms with Gasteiger partial charge in [0.2, 0.25) is 5.95 Å². The summed E-state index contributed by atoms with van der Waals surface area (Å²) in [6, 6.07) is 13.8. The Kier molecular flexibility index (Phi) is 6.15. The Hall–Kier alpha value is -3.00. The number of aromatic nitrogens is 2. The largest absolute Gasteiger partial charge is 0.573 e. The lowest BCUT2D eigenvalue weighted by Crippen LogP contribution is -2.31. The SMILES string of the molecule is CC(C)c1cc(N2CCc3cc(OC(F)(F)F)ccc3C2)nc(Nc2cccc(Cl)c2)n1. The number of benzene rings is 2. The third-order valence-corrected chi connectivity index (χ3v) is 5.39. The number of nitrogens with one attached hydrogen (secondary N) is 1. The van der Waals surface area contributed by atoms with Crippen LogP contribution in [-0.4, -0.2) is 22.9 Å². The van der Waals surface area contributed by atoms with Gasteiger partial charge in [0.15, 0.2) is 0 Å². The van der Waals surface area contributed by atoms with Crippen molar-refractivity contribution in [3.63, 3.8) is 0 Å². The maximum Gasteiger partial charge on any atom is 0.573 e. The Morgan fingerprint density at radius 2 is 1.88 bits per heavy atom. The van der Waals surface area contributed by atoms with Gasteiger partial charge in [0.25, 0.3) is 0 Å². The molecule has 0 saturated heterocycles. The predicted octanol–water partition coefficient (Wildman–Crippen LogP) is 6.46. The molecule has 32 heavy (non-hydrogen) atoms. The quantitative estimate of drug-likeness (QED) is 0.471. The van der Waals surface area contributed by atoms with Crippen molar-refractivity contribution in [3.05, 3.63) is 70.4 Å². The maximum atomic E-state index is 12.5. The standard InChI is InChI=1S/C23H22ClF3N4O/c1-14(2)20-12-21(30-22(29-20)28-18-5-3-4-17(24)11-18)31-9-8-15-10-19(32-23(25,26)27)7-6-16(15)13-31/h3-7,10-12,14H,8-9,13H2,1-2H3,(H,28,29,30). The van der Waals surface area contributed by atoms with Gasteiger partial charge in [-0.15, -0.1) is 13.2 Å². The average Bonchev–Trinajstić information content (AvgIpc) is 2.72. The highest BCUT2D eigenvalue weighted by Crippen LogP contribution is 2.31. The first-order valence-electron chi connectivity index (χ1n) is 10.2. The normalized spacial score (nSPS) is 13.8. The summed E-state index contributed by atoms with van der Waals surface area (Å²) in [5, 5.41) is 3.82. The molecule has 2 heterocycles. The Morgan fingerprint density at radius 1 is 1.06 bits per heavy atom. The van der Waals surface area contributed by atoms with Crippen LogP contribution in [0.3, 0.4) is 0 Å². The van der Waals surface area contributed by atoms with Gasteiger partial charge in [-0.2, -0.15) is 4.98 Å². The van der Waals surface area contributed by atoms with E-state index in [9.17, 15) is 13.2 Å². The summed E-state index contributed by atoms with van der Waals surface area (Å²) < 4.78 is 41.6. The molecule has 9 heteroatoms. The molecule has 0 radical (unpaired) electrons. The number of anilines is 3. The van der Waals surface area contributed by atoms with Crippen molar-refractivity contribution in [2.45, 2.75) is 39.1 Å². The van der Waals surface area contributed by atoms with Crippen LogP contribution in [0.2, 0.25) is 5.02 Å². The third-order valence-electron chi connectivity index (χ3n) is 5.15. The molecule has 3 aromatic rings. The van der Waals surface area contributed by atoms with Crippen molar-refractivity contribution in [2.75, 3.05) is 16.8 Å². The summed E-state index contributed by atoms with van der Waals surface area (Å²) in [5.41, 5.74) is 3.46. The van der Waals surface area contributed by atoms with E-state index in [-0.39, 0.29) is 11.7 Å². The van der Waals surface area contributed by atoms with Crippen molar-refractivity contribution in [2.24, 2.45) is 0 Å². The number of rotatable bonds is 5. The van der Waals surface area contributed by atoms with Crippen LogP contribution in [0.1, 0.15) is 36.6 Å². The molecule has 1 aliphatic heterocycles. The Morgan fingerprint density at radius 3 is 2.59 bits per heavy atom. The summed E-state index contributed by atoms with van der Waals surface area (Å²) in [4.78, 5) is 11.4. The van der Waals surface area contributed by atoms with Crippen LogP contribution < -0.4 is 15.0 Å². The summed E-state index contributed by atoms with van der Waals surface area (Å²) in [5.74, 6) is 1.22. The Bertz CT molecular complexity index is 1120. The highest BCUT2D eigenvalue weighted by Gasteiger charge is 2.31. The van der Waals surface area contributed by atoms with E-state index >= 15 is 0 Å². The number of nitrogens with zero attached hydrogens (tertiary/aromatic N) is 3. The van der Waals surface area contributed by atoms with Crippen LogP contribution in [0.4, 0.5) is 30.6 Å². The van der Waals surface area contributed by atoms with E-state index in [0.29, 0.717) is 30.5 Å². The second kappa shape index (κ2) is 8.86. The van der Waals surface area contributed by atoms with Crippen LogP contribution in [0.5, 0.6) is 5.75 Å². The van der Waals surface area contributed by atoms with Crippen molar-refractivity contribution >= 4 is 29.1 Å². The second-order valence-electron chi connectivity index (χ2n) is 7.91. The monoisotopic (exact) mass is 462 g/mol. The molecule has 0 spiro atoms. The molecule has 4 rings (SSSR count). The smallest absolute Gasteiger partial charge is 0.406 e. The first-order valence-corrected chi connectivity index (χ1v) is 10.6. The zero-order chi connectivity index (χ0) is 22.9. The van der Waals surface area contributed by atoms with Gasteiger partial charge in [-0.25, -0.2) is 4.98 Å². The van der Waals surface area contributed by atoms with Gasteiger partial charge >= 0.3 is 6.36 Å². The zero-order valence-corrected chi connectivity index (χ0v) is 18.3. The average molecular weight is 463 g/mol. The van der Waals surface area contributed by atoms with Gasteiger partial charge in [0.1, 0.15) is 11.6 Å². The molecule has 1 aliphatic rings. The molecule has 2 aromatic carbocycles. The molecule has 5 nitrogen and oxygen atoms in total. The minimum absolute atomic E-state index is 0.191. The van der Waals surface area contributed by atoms with Crippen molar-refractivity contribution in [3.8, 4) is 5.75 Å². The van der Waals surface area contributed by atoms with Gasteiger partial charge in [-0.05, 0) is 53.8 Å². The first-order chi connectivity index (χ1) is 15.2. The van der Waals surface area contributed by atoms with E-state index in [2.05, 4.69) is 33.8 Å². The fraction of sp³-hybridized carbons (Fsp3) is 0.304. The van der Waals surface area contributed by atoms with Gasteiger partial charge in [0, 0.05) is 29.9 Å². The van der Waals surface area contributed by atoms with Gasteiger partial charge in [0.05, 0.1) is 5.69 Å². The van der Waals surface area contributed by atoms with E-state index in [0.717, 1.165) is 28.3 Å². The van der Waals surface area contributed by atoms with Gasteiger partial charge in [-0.3, -0.25) is 0 Å². The Balaban J connectivity index is 1.59. The van der Waals surface area contributed by atoms with Gasteiger partial charge < -0.3 is 15.0 Å². The molecule has 0 amide bonds. The minimum Gasteiger partial charge on any atom is -0.406 e. The van der Waals surface area contributed by atoms with E-state index in [1.807, 2.05) is 18.2 Å². The lowest BCUT2D eigenvalue weighted by molar-refractivity contribution is -0.274. The molecule has 0 fully saturated rings. The molecule has 0 saturated carbocycles. The highest BCUT2D eigenvalue weighted by atomic mass is 35.5. The Labute approximate surface area is 189 Å². The molecule has 0 bridgehead atoms. The van der Waals surface area contributed by atoms with Crippen molar-refractivity contribution < 1.29 is 17.9 Å². The van der Waals surface area contributed by atoms with Crippen LogP contribution in [0, 0.1) is 0 Å². The van der Waals surface area contributed by atoms with E-state index in [1.165, 1.54) is 12.1 Å². The third kappa shape index (κ3) is 5.43. The fourth-order valence-corrected chi connectivity index (χ4v) is 3.77. The molecule has 1 aromatic heterocycles. The summed E-state index contributed by atoms with van der Waals surface area (Å²) in [7, 11) is 0. The minimum atomic E-state index is -4.70. The summed E-state index contributed by atoms with van der Waals surface area (Å²) in [6.07, 6.45) is -4.11. The number of fused-ring (bicyclic) bond motifs is 1. The molecule has 0 aliphatic carbocycles. The summed E-state index contributed by atoms with van der Waals surface area (Å²) in [6.45, 7) is 5.27. The lowest BCUT2D eigenvalue weighted by atomic mass is 9.99. The topological polar surface area (TPSA) is 50.3 Å². The molecule has 168 valence electrons. The molecular formula is C23H22ClF3N4O. The zero-order valence-electron chi connectivity index (χ0n) is 17.6. The molecule has 0 unspecified atom stereocenters. The molecule has 0 atom stereocenters. The number of ether oxygens (including phenoxy) is 1. The number of hydrogen-bond donors (Lipinski definition) is 1. The fourth-order valence-electron chi connectivity index (χ4n) is 3.58. The van der Waals surface area contributed by atoms with Crippen LogP contribution in [0.15, 0.2) is 48.5 Å². The van der Waals surface area contributed by atoms with Crippen molar-refractivity contribution in [1.82, 2.24) is 9.97 Å². The van der Waals surface area contributed by atoms with Crippen molar-refractivity contribution in [1.29, 1.82) is 0 Å². The van der Waals surface area contributed by atoms with Gasteiger partial charge in [-0.1, -0.05) is 37.6 Å². The number of hydrogen-bond acceptors (Lipinski definition) is 5. The highest BCUT2D eigenvalue weighted by molar-refractivity contribution is 6.30. The molecular weight excluding hydrogens is 441 g/mol. The van der Waals surface area contributed by atoms with Crippen LogP contribution in [0.25, 0.3) is 0 Å². The lowest BCUT2D eigenvalue weighted by Gasteiger charge is -2.30. The first kappa shape index (κ1) is 22.2. The second-order valence-corrected chi connectivity index (χ2v) is 8.35. The van der Waals surface area contributed by atoms with E-state index in [4.69, 9.17) is 16.6 Å². The predicted molar refractivity (Wildman–Crippen MR) is 119 cm³/mol. The maximum absolute atomic E-state index is 12.5.